The number of aromatic nitrogens is 3. The lowest BCUT2D eigenvalue weighted by Crippen LogP contribution is -2.29. The molecule has 178 valence electrons. The molecule has 9 heteroatoms. The molecule has 34 heavy (non-hydrogen) atoms. The summed E-state index contributed by atoms with van der Waals surface area (Å²) in [5, 5.41) is 8.39. The molecule has 2 aromatic carbocycles. The molecule has 2 heterocycles. The van der Waals surface area contributed by atoms with E-state index in [0.717, 1.165) is 17.7 Å². The molecule has 0 saturated heterocycles. The Kier molecular flexibility index (Phi) is 7.21. The maximum atomic E-state index is 14.1. The van der Waals surface area contributed by atoms with Crippen molar-refractivity contribution in [2.24, 2.45) is 0 Å². The fraction of sp³-hybridized carbons (Fsp3) is 0.320. The first-order valence-electron chi connectivity index (χ1n) is 11.1. The molecular weight excluding hydrogens is 453 g/mol. The minimum Gasteiger partial charge on any atom is -0.462 e. The fourth-order valence-corrected chi connectivity index (χ4v) is 4.57. The third kappa shape index (κ3) is 4.94. The van der Waals surface area contributed by atoms with Gasteiger partial charge >= 0.3 is 5.97 Å². The van der Waals surface area contributed by atoms with Crippen LogP contribution in [0.5, 0.6) is 0 Å². The second kappa shape index (κ2) is 10.3. The number of carbonyl (C=O) groups excluding carboxylic acids is 1. The van der Waals surface area contributed by atoms with E-state index in [1.165, 1.54) is 17.8 Å². The van der Waals surface area contributed by atoms with Gasteiger partial charge in [0.05, 0.1) is 12.2 Å². The minimum atomic E-state index is -0.493. The molecule has 4 rings (SSSR count). The van der Waals surface area contributed by atoms with Crippen LogP contribution in [0.1, 0.15) is 37.4 Å². The Hall–Kier alpha value is -3.33. The number of esters is 1. The van der Waals surface area contributed by atoms with Crippen LogP contribution in [0.2, 0.25) is 0 Å². The highest BCUT2D eigenvalue weighted by Gasteiger charge is 2.35. The zero-order valence-corrected chi connectivity index (χ0v) is 20.5. The lowest BCUT2D eigenvalue weighted by Gasteiger charge is -2.28. The first-order chi connectivity index (χ1) is 16.4. The van der Waals surface area contributed by atoms with Crippen LogP contribution < -0.4 is 10.2 Å². The van der Waals surface area contributed by atoms with Crippen LogP contribution in [-0.4, -0.2) is 41.4 Å². The number of rotatable bonds is 8. The maximum Gasteiger partial charge on any atom is 0.338 e. The van der Waals surface area contributed by atoms with Crippen LogP contribution in [0.3, 0.4) is 0 Å². The number of fused-ring (bicyclic) bond motifs is 1. The second-order valence-electron chi connectivity index (χ2n) is 8.23. The van der Waals surface area contributed by atoms with Gasteiger partial charge < -0.3 is 15.0 Å². The average Bonchev–Trinajstić information content (AvgIpc) is 3.23. The molecule has 1 aliphatic heterocycles. The van der Waals surface area contributed by atoms with Crippen LogP contribution >= 0.6 is 11.8 Å². The highest BCUT2D eigenvalue weighted by atomic mass is 32.2. The van der Waals surface area contributed by atoms with Gasteiger partial charge in [0.15, 0.2) is 0 Å². The maximum absolute atomic E-state index is 14.1. The number of hydrogen-bond acceptors (Lipinski definition) is 7. The van der Waals surface area contributed by atoms with Crippen LogP contribution in [0, 0.1) is 5.82 Å². The van der Waals surface area contributed by atoms with Crippen molar-refractivity contribution in [1.82, 2.24) is 14.8 Å². The van der Waals surface area contributed by atoms with Crippen LogP contribution in [0.15, 0.2) is 65.0 Å². The van der Waals surface area contributed by atoms with E-state index >= 15 is 0 Å². The smallest absolute Gasteiger partial charge is 0.338 e. The van der Waals surface area contributed by atoms with E-state index in [1.807, 2.05) is 57.1 Å². The molecule has 0 fully saturated rings. The SMILES string of the molecule is CCCOC(=O)C1=C(C)Nc2nc(SCc3ccccc3F)nn2C1c1ccc(N(C)C)cc1. The van der Waals surface area contributed by atoms with E-state index in [4.69, 9.17) is 4.74 Å². The predicted molar refractivity (Wildman–Crippen MR) is 132 cm³/mol. The monoisotopic (exact) mass is 481 g/mol. The van der Waals surface area contributed by atoms with E-state index in [-0.39, 0.29) is 11.8 Å². The van der Waals surface area contributed by atoms with Gasteiger partial charge in [-0.2, -0.15) is 4.98 Å². The number of allylic oxidation sites excluding steroid dienone is 1. The predicted octanol–water partition coefficient (Wildman–Crippen LogP) is 5.02. The molecule has 0 amide bonds. The third-order valence-corrected chi connectivity index (χ3v) is 6.42. The van der Waals surface area contributed by atoms with Crippen molar-refractivity contribution in [3.05, 3.63) is 76.7 Å². The van der Waals surface area contributed by atoms with Gasteiger partial charge in [-0.3, -0.25) is 0 Å². The Morgan fingerprint density at radius 1 is 1.21 bits per heavy atom. The fourth-order valence-electron chi connectivity index (χ4n) is 3.75. The summed E-state index contributed by atoms with van der Waals surface area (Å²) in [6.45, 7) is 4.14. The van der Waals surface area contributed by atoms with Gasteiger partial charge in [-0.15, -0.1) is 5.10 Å². The zero-order chi connectivity index (χ0) is 24.2. The number of anilines is 2. The largest absolute Gasteiger partial charge is 0.462 e. The molecule has 0 saturated carbocycles. The van der Waals surface area contributed by atoms with Crippen molar-refractivity contribution >= 4 is 29.4 Å². The van der Waals surface area contributed by atoms with Crippen LogP contribution in [0.4, 0.5) is 16.0 Å². The van der Waals surface area contributed by atoms with Gasteiger partial charge in [-0.1, -0.05) is 49.0 Å². The van der Waals surface area contributed by atoms with Gasteiger partial charge in [-0.25, -0.2) is 13.9 Å². The number of halogens is 1. The molecular formula is C25H28FN5O2S. The number of ether oxygens (including phenoxy) is 1. The van der Waals surface area contributed by atoms with Gasteiger partial charge in [0.25, 0.3) is 0 Å². The minimum absolute atomic E-state index is 0.255. The third-order valence-electron chi connectivity index (χ3n) is 5.53. The normalized spacial score (nSPS) is 15.0. The van der Waals surface area contributed by atoms with E-state index in [0.29, 0.717) is 40.3 Å². The van der Waals surface area contributed by atoms with Crippen LogP contribution in [-0.2, 0) is 15.3 Å². The summed E-state index contributed by atoms with van der Waals surface area (Å²) in [4.78, 5) is 19.7. The Bertz CT molecular complexity index is 1210. The standard InChI is InChI=1S/C25H28FN5O2S/c1-5-14-33-23(32)21-16(2)27-24-28-25(34-15-18-8-6-7-9-20(18)26)29-31(24)22(21)17-10-12-19(13-11-17)30(3)4/h6-13,22H,5,14-15H2,1-4H3,(H,27,28,29). The summed E-state index contributed by atoms with van der Waals surface area (Å²) in [5.74, 6) is 0.294. The highest BCUT2D eigenvalue weighted by Crippen LogP contribution is 2.37. The zero-order valence-electron chi connectivity index (χ0n) is 19.7. The molecule has 1 N–H and O–H groups in total. The molecule has 1 aliphatic rings. The molecule has 0 bridgehead atoms. The van der Waals surface area contributed by atoms with Gasteiger partial charge in [0.1, 0.15) is 11.9 Å². The summed E-state index contributed by atoms with van der Waals surface area (Å²) in [7, 11) is 3.96. The van der Waals surface area contributed by atoms with Crippen molar-refractivity contribution in [2.75, 3.05) is 30.9 Å². The van der Waals surface area contributed by atoms with Gasteiger partial charge in [0, 0.05) is 31.2 Å². The van der Waals surface area contributed by atoms with Crippen molar-refractivity contribution in [1.29, 1.82) is 0 Å². The Morgan fingerprint density at radius 2 is 1.94 bits per heavy atom. The summed E-state index contributed by atoms with van der Waals surface area (Å²) < 4.78 is 21.3. The number of benzene rings is 2. The highest BCUT2D eigenvalue weighted by molar-refractivity contribution is 7.98. The molecule has 0 aliphatic carbocycles. The molecule has 0 radical (unpaired) electrons. The van der Waals surface area contributed by atoms with Crippen molar-refractivity contribution in [3.63, 3.8) is 0 Å². The molecule has 1 atom stereocenters. The second-order valence-corrected chi connectivity index (χ2v) is 9.17. The van der Waals surface area contributed by atoms with Crippen molar-refractivity contribution in [3.8, 4) is 0 Å². The molecule has 3 aromatic rings. The van der Waals surface area contributed by atoms with Crippen molar-refractivity contribution in [2.45, 2.75) is 37.2 Å². The summed E-state index contributed by atoms with van der Waals surface area (Å²) in [6.07, 6.45) is 0.735. The van der Waals surface area contributed by atoms with E-state index in [2.05, 4.69) is 15.4 Å². The quantitative estimate of drug-likeness (QED) is 0.358. The number of nitrogens with zero attached hydrogens (tertiary/aromatic N) is 4. The van der Waals surface area contributed by atoms with E-state index < -0.39 is 6.04 Å². The number of hydrogen-bond donors (Lipinski definition) is 1. The van der Waals surface area contributed by atoms with Gasteiger partial charge in [-0.05, 0) is 42.7 Å². The lowest BCUT2D eigenvalue weighted by molar-refractivity contribution is -0.139. The van der Waals surface area contributed by atoms with Gasteiger partial charge in [0.2, 0.25) is 11.1 Å². The summed E-state index contributed by atoms with van der Waals surface area (Å²) in [6, 6.07) is 14.2. The number of carbonyl (C=O) groups is 1. The summed E-state index contributed by atoms with van der Waals surface area (Å²) in [5.41, 5.74) is 3.70. The molecule has 1 aromatic heterocycles. The molecule has 1 unspecified atom stereocenters. The van der Waals surface area contributed by atoms with Crippen molar-refractivity contribution < 1.29 is 13.9 Å². The number of nitrogens with one attached hydrogen (secondary N) is 1. The van der Waals surface area contributed by atoms with Crippen LogP contribution in [0.25, 0.3) is 0 Å². The van der Waals surface area contributed by atoms with E-state index in [1.54, 1.807) is 22.9 Å². The first kappa shape index (κ1) is 23.8. The molecule has 0 spiro atoms. The topological polar surface area (TPSA) is 72.3 Å². The molecule has 7 nitrogen and oxygen atoms in total. The Morgan fingerprint density at radius 3 is 2.62 bits per heavy atom. The first-order valence-corrected chi connectivity index (χ1v) is 12.1. The lowest BCUT2D eigenvalue weighted by atomic mass is 9.95. The van der Waals surface area contributed by atoms with E-state index in [9.17, 15) is 9.18 Å². The summed E-state index contributed by atoms with van der Waals surface area (Å²) >= 11 is 1.35. The average molecular weight is 482 g/mol. The number of thioether (sulfide) groups is 1. The Balaban J connectivity index is 1.69. The Labute approximate surface area is 203 Å².